The van der Waals surface area contributed by atoms with Crippen LogP contribution in [0.3, 0.4) is 0 Å². The van der Waals surface area contributed by atoms with Crippen LogP contribution in [-0.4, -0.2) is 31.3 Å². The molecule has 0 saturated carbocycles. The largest absolute Gasteiger partial charge is 0.497 e. The molecular weight excluding hydrogens is 234 g/mol. The summed E-state index contributed by atoms with van der Waals surface area (Å²) in [6.45, 7) is 3.69. The van der Waals surface area contributed by atoms with Gasteiger partial charge in [-0.2, -0.15) is 0 Å². The maximum atomic E-state index is 11.2. The Labute approximate surface area is 107 Å². The van der Waals surface area contributed by atoms with Crippen molar-refractivity contribution in [3.63, 3.8) is 0 Å². The predicted molar refractivity (Wildman–Crippen MR) is 69.4 cm³/mol. The molecule has 0 saturated heterocycles. The van der Waals surface area contributed by atoms with E-state index in [9.17, 15) is 4.79 Å². The number of hydrogen-bond donors (Lipinski definition) is 2. The van der Waals surface area contributed by atoms with Crippen LogP contribution in [0.1, 0.15) is 13.8 Å². The van der Waals surface area contributed by atoms with Crippen molar-refractivity contribution in [2.75, 3.05) is 19.5 Å². The van der Waals surface area contributed by atoms with Crippen molar-refractivity contribution in [3.05, 3.63) is 18.2 Å². The third-order valence-electron chi connectivity index (χ3n) is 2.65. The van der Waals surface area contributed by atoms with E-state index in [0.29, 0.717) is 17.2 Å². The number of carboxylic acids is 1. The molecule has 2 N–H and O–H groups in total. The van der Waals surface area contributed by atoms with E-state index in [4.69, 9.17) is 14.6 Å². The molecule has 0 bridgehead atoms. The summed E-state index contributed by atoms with van der Waals surface area (Å²) in [6, 6.07) is 4.54. The number of benzene rings is 1. The lowest BCUT2D eigenvalue weighted by Gasteiger charge is -2.21. The van der Waals surface area contributed by atoms with Crippen molar-refractivity contribution in [1.82, 2.24) is 0 Å². The smallest absolute Gasteiger partial charge is 0.326 e. The van der Waals surface area contributed by atoms with Gasteiger partial charge >= 0.3 is 5.97 Å². The molecule has 1 rings (SSSR count). The third kappa shape index (κ3) is 3.29. The zero-order valence-electron chi connectivity index (χ0n) is 11.1. The van der Waals surface area contributed by atoms with Crippen LogP contribution in [0.4, 0.5) is 5.69 Å². The Hall–Kier alpha value is -1.91. The summed E-state index contributed by atoms with van der Waals surface area (Å²) >= 11 is 0. The van der Waals surface area contributed by atoms with Gasteiger partial charge in [0, 0.05) is 6.07 Å². The monoisotopic (exact) mass is 253 g/mol. The van der Waals surface area contributed by atoms with Crippen LogP contribution in [0.2, 0.25) is 0 Å². The van der Waals surface area contributed by atoms with E-state index >= 15 is 0 Å². The van der Waals surface area contributed by atoms with Gasteiger partial charge in [-0.15, -0.1) is 0 Å². The second-order valence-electron chi connectivity index (χ2n) is 4.27. The summed E-state index contributed by atoms with van der Waals surface area (Å²) in [6.07, 6.45) is 0. The Morgan fingerprint density at radius 1 is 1.28 bits per heavy atom. The first-order chi connectivity index (χ1) is 8.49. The first-order valence-electron chi connectivity index (χ1n) is 5.71. The minimum atomic E-state index is -0.894. The summed E-state index contributed by atoms with van der Waals surface area (Å²) in [5.74, 6) is 0.294. The number of anilines is 1. The molecule has 0 aromatic heterocycles. The highest BCUT2D eigenvalue weighted by Crippen LogP contribution is 2.30. The van der Waals surface area contributed by atoms with Crippen molar-refractivity contribution in [2.45, 2.75) is 19.9 Å². The van der Waals surface area contributed by atoms with Crippen molar-refractivity contribution >= 4 is 11.7 Å². The van der Waals surface area contributed by atoms with Crippen LogP contribution in [0, 0.1) is 5.92 Å². The minimum Gasteiger partial charge on any atom is -0.497 e. The van der Waals surface area contributed by atoms with Gasteiger partial charge in [-0.05, 0) is 18.1 Å². The molecule has 0 amide bonds. The number of carbonyl (C=O) groups is 1. The average Bonchev–Trinajstić information content (AvgIpc) is 2.34. The first kappa shape index (κ1) is 14.2. The third-order valence-corrected chi connectivity index (χ3v) is 2.65. The molecular formula is C13H19NO4. The number of ether oxygens (including phenoxy) is 2. The van der Waals surface area contributed by atoms with E-state index in [-0.39, 0.29) is 5.92 Å². The van der Waals surface area contributed by atoms with Gasteiger partial charge in [0.1, 0.15) is 17.5 Å². The molecule has 0 aliphatic heterocycles. The lowest BCUT2D eigenvalue weighted by molar-refractivity contribution is -0.138. The molecule has 0 spiro atoms. The van der Waals surface area contributed by atoms with Crippen molar-refractivity contribution in [3.8, 4) is 11.5 Å². The molecule has 5 nitrogen and oxygen atoms in total. The molecule has 0 radical (unpaired) electrons. The Kier molecular flexibility index (Phi) is 4.83. The van der Waals surface area contributed by atoms with Crippen LogP contribution in [0.15, 0.2) is 18.2 Å². The summed E-state index contributed by atoms with van der Waals surface area (Å²) in [7, 11) is 3.10. The van der Waals surface area contributed by atoms with Gasteiger partial charge in [-0.3, -0.25) is 0 Å². The fourth-order valence-electron chi connectivity index (χ4n) is 1.61. The van der Waals surface area contributed by atoms with Gasteiger partial charge in [0.25, 0.3) is 0 Å². The molecule has 0 fully saturated rings. The number of hydrogen-bond acceptors (Lipinski definition) is 4. The molecule has 1 unspecified atom stereocenters. The summed E-state index contributed by atoms with van der Waals surface area (Å²) < 4.78 is 10.3. The number of aliphatic carboxylic acids is 1. The second-order valence-corrected chi connectivity index (χ2v) is 4.27. The SMILES string of the molecule is COc1ccc(OC)c(NC(C(=O)O)C(C)C)c1. The molecule has 1 aromatic rings. The van der Waals surface area contributed by atoms with Crippen LogP contribution >= 0.6 is 0 Å². The molecule has 5 heteroatoms. The predicted octanol–water partition coefficient (Wildman–Crippen LogP) is 2.22. The van der Waals surface area contributed by atoms with E-state index in [1.54, 1.807) is 25.3 Å². The highest BCUT2D eigenvalue weighted by Gasteiger charge is 2.22. The van der Waals surface area contributed by atoms with Gasteiger partial charge in [-0.25, -0.2) is 4.79 Å². The van der Waals surface area contributed by atoms with Gasteiger partial charge in [0.05, 0.1) is 19.9 Å². The standard InChI is InChI=1S/C13H19NO4/c1-8(2)12(13(15)16)14-10-7-9(17-3)5-6-11(10)18-4/h5-8,12,14H,1-4H3,(H,15,16). The van der Waals surface area contributed by atoms with E-state index in [0.717, 1.165) is 0 Å². The number of methoxy groups -OCH3 is 2. The van der Waals surface area contributed by atoms with E-state index in [1.807, 2.05) is 13.8 Å². The van der Waals surface area contributed by atoms with Crippen LogP contribution in [0.25, 0.3) is 0 Å². The van der Waals surface area contributed by atoms with Crippen molar-refractivity contribution < 1.29 is 19.4 Å². The van der Waals surface area contributed by atoms with Gasteiger partial charge < -0.3 is 19.9 Å². The molecule has 18 heavy (non-hydrogen) atoms. The molecule has 0 aliphatic carbocycles. The maximum absolute atomic E-state index is 11.2. The lowest BCUT2D eigenvalue weighted by atomic mass is 10.0. The van der Waals surface area contributed by atoms with E-state index in [2.05, 4.69) is 5.32 Å². The highest BCUT2D eigenvalue weighted by atomic mass is 16.5. The normalized spacial score (nSPS) is 12.1. The van der Waals surface area contributed by atoms with Crippen molar-refractivity contribution in [1.29, 1.82) is 0 Å². The van der Waals surface area contributed by atoms with Crippen LogP contribution in [-0.2, 0) is 4.79 Å². The van der Waals surface area contributed by atoms with Gasteiger partial charge in [0.15, 0.2) is 0 Å². The molecule has 1 aromatic carbocycles. The van der Waals surface area contributed by atoms with Crippen molar-refractivity contribution in [2.24, 2.45) is 5.92 Å². The Balaban J connectivity index is 3.03. The second kappa shape index (κ2) is 6.14. The summed E-state index contributed by atoms with van der Waals surface area (Å²) in [5.41, 5.74) is 0.609. The Bertz CT molecular complexity index is 417. The quantitative estimate of drug-likeness (QED) is 0.813. The Morgan fingerprint density at radius 3 is 2.39 bits per heavy atom. The summed E-state index contributed by atoms with van der Waals surface area (Å²) in [5, 5.41) is 12.1. The van der Waals surface area contributed by atoms with Gasteiger partial charge in [-0.1, -0.05) is 13.8 Å². The minimum absolute atomic E-state index is 0.0431. The van der Waals surface area contributed by atoms with Crippen LogP contribution in [0.5, 0.6) is 11.5 Å². The number of nitrogens with one attached hydrogen (secondary N) is 1. The maximum Gasteiger partial charge on any atom is 0.326 e. The number of carboxylic acid groups (broad SMARTS) is 1. The fraction of sp³-hybridized carbons (Fsp3) is 0.462. The van der Waals surface area contributed by atoms with E-state index < -0.39 is 12.0 Å². The fourth-order valence-corrected chi connectivity index (χ4v) is 1.61. The van der Waals surface area contributed by atoms with Crippen LogP contribution < -0.4 is 14.8 Å². The average molecular weight is 253 g/mol. The lowest BCUT2D eigenvalue weighted by Crippen LogP contribution is -2.34. The van der Waals surface area contributed by atoms with E-state index in [1.165, 1.54) is 7.11 Å². The molecule has 1 atom stereocenters. The zero-order chi connectivity index (χ0) is 13.7. The molecule has 0 aliphatic rings. The first-order valence-corrected chi connectivity index (χ1v) is 5.71. The summed E-state index contributed by atoms with van der Waals surface area (Å²) in [4.78, 5) is 11.2. The molecule has 100 valence electrons. The topological polar surface area (TPSA) is 67.8 Å². The number of rotatable bonds is 6. The molecule has 0 heterocycles. The Morgan fingerprint density at radius 2 is 1.94 bits per heavy atom. The highest BCUT2D eigenvalue weighted by molar-refractivity contribution is 5.78. The van der Waals surface area contributed by atoms with Gasteiger partial charge in [0.2, 0.25) is 0 Å². The zero-order valence-corrected chi connectivity index (χ0v) is 11.1.